The van der Waals surface area contributed by atoms with Crippen LogP contribution in [0.4, 0.5) is 0 Å². The maximum absolute atomic E-state index is 12.3. The average molecular weight is 326 g/mol. The van der Waals surface area contributed by atoms with E-state index in [9.17, 15) is 9.59 Å². The van der Waals surface area contributed by atoms with Gasteiger partial charge in [-0.3, -0.25) is 0 Å². The molecule has 0 radical (unpaired) electrons. The first kappa shape index (κ1) is 17.7. The molecule has 2 rings (SSSR count). The van der Waals surface area contributed by atoms with Crippen LogP contribution in [-0.4, -0.2) is 25.2 Å². The van der Waals surface area contributed by atoms with E-state index in [1.54, 1.807) is 19.9 Å². The number of rotatable bonds is 5. The molecule has 0 aliphatic heterocycles. The highest BCUT2D eigenvalue weighted by Gasteiger charge is 2.18. The predicted octanol–water partition coefficient (Wildman–Crippen LogP) is 4.32. The molecule has 126 valence electrons. The number of carbonyl (C=O) groups excluding carboxylic acids is 2. The third-order valence-electron chi connectivity index (χ3n) is 3.80. The Morgan fingerprint density at radius 2 is 1.54 bits per heavy atom. The topological polar surface area (TPSA) is 52.6 Å². The van der Waals surface area contributed by atoms with Crippen LogP contribution in [0, 0.1) is 13.8 Å². The quantitative estimate of drug-likeness (QED) is 0.768. The molecule has 0 amide bonds. The summed E-state index contributed by atoms with van der Waals surface area (Å²) in [5.74, 6) is -0.717. The number of aryl methyl sites for hydroxylation is 2. The molecule has 0 fully saturated rings. The van der Waals surface area contributed by atoms with E-state index in [-0.39, 0.29) is 11.9 Å². The van der Waals surface area contributed by atoms with Crippen LogP contribution < -0.4 is 0 Å². The molecule has 0 aliphatic carbocycles. The van der Waals surface area contributed by atoms with Crippen LogP contribution in [0.25, 0.3) is 11.1 Å². The summed E-state index contributed by atoms with van der Waals surface area (Å²) in [6.07, 6.45) is 0. The van der Waals surface area contributed by atoms with E-state index in [1.165, 1.54) is 0 Å². The molecule has 0 spiro atoms. The molecule has 0 aromatic heterocycles. The van der Waals surface area contributed by atoms with Crippen molar-refractivity contribution in [2.24, 2.45) is 0 Å². The van der Waals surface area contributed by atoms with Crippen molar-refractivity contribution in [3.8, 4) is 11.1 Å². The van der Waals surface area contributed by atoms with E-state index < -0.39 is 0 Å². The van der Waals surface area contributed by atoms with Gasteiger partial charge in [0.1, 0.15) is 0 Å². The lowest BCUT2D eigenvalue weighted by Crippen LogP contribution is -2.10. The van der Waals surface area contributed by atoms with Gasteiger partial charge in [-0.05, 0) is 56.0 Å². The smallest absolute Gasteiger partial charge is 0.339 e. The van der Waals surface area contributed by atoms with Gasteiger partial charge in [-0.15, -0.1) is 0 Å². The highest BCUT2D eigenvalue weighted by atomic mass is 16.5. The highest BCUT2D eigenvalue weighted by molar-refractivity contribution is 6.00. The summed E-state index contributed by atoms with van der Waals surface area (Å²) in [5, 5.41) is 0. The van der Waals surface area contributed by atoms with Gasteiger partial charge in [-0.2, -0.15) is 0 Å². The monoisotopic (exact) mass is 326 g/mol. The number of esters is 2. The Hall–Kier alpha value is -2.62. The van der Waals surface area contributed by atoms with Crippen molar-refractivity contribution in [3.63, 3.8) is 0 Å². The number of benzene rings is 2. The van der Waals surface area contributed by atoms with Gasteiger partial charge >= 0.3 is 11.9 Å². The lowest BCUT2D eigenvalue weighted by atomic mass is 9.93. The zero-order valence-electron chi connectivity index (χ0n) is 14.5. The third kappa shape index (κ3) is 3.65. The Balaban J connectivity index is 2.57. The molecule has 4 heteroatoms. The van der Waals surface area contributed by atoms with Crippen molar-refractivity contribution in [2.75, 3.05) is 13.2 Å². The summed E-state index contributed by atoms with van der Waals surface area (Å²) < 4.78 is 10.3. The second kappa shape index (κ2) is 7.77. The SMILES string of the molecule is CCOC(=O)c1cc(-c2cccc(C)c2C(=O)OCC)ccc1C. The molecule has 0 unspecified atom stereocenters. The average Bonchev–Trinajstić information content (AvgIpc) is 2.55. The van der Waals surface area contributed by atoms with Gasteiger partial charge in [0.05, 0.1) is 24.3 Å². The predicted molar refractivity (Wildman–Crippen MR) is 93.3 cm³/mol. The van der Waals surface area contributed by atoms with Crippen LogP contribution in [0.5, 0.6) is 0 Å². The van der Waals surface area contributed by atoms with Gasteiger partial charge in [0.15, 0.2) is 0 Å². The number of hydrogen-bond acceptors (Lipinski definition) is 4. The zero-order valence-corrected chi connectivity index (χ0v) is 14.5. The normalized spacial score (nSPS) is 10.3. The molecule has 4 nitrogen and oxygen atoms in total. The van der Waals surface area contributed by atoms with Crippen molar-refractivity contribution < 1.29 is 19.1 Å². The second-order valence-corrected chi connectivity index (χ2v) is 5.47. The molecular formula is C20H22O4. The summed E-state index contributed by atoms with van der Waals surface area (Å²) in [4.78, 5) is 24.5. The molecule has 0 aliphatic rings. The first-order chi connectivity index (χ1) is 11.5. The molecule has 0 atom stereocenters. The molecule has 24 heavy (non-hydrogen) atoms. The minimum Gasteiger partial charge on any atom is -0.462 e. The summed E-state index contributed by atoms with van der Waals surface area (Å²) in [7, 11) is 0. The highest BCUT2D eigenvalue weighted by Crippen LogP contribution is 2.29. The Morgan fingerprint density at radius 1 is 0.875 bits per heavy atom. The summed E-state index contributed by atoms with van der Waals surface area (Å²) >= 11 is 0. The fraction of sp³-hybridized carbons (Fsp3) is 0.300. The standard InChI is InChI=1S/C20H22O4/c1-5-23-19(21)17-12-15(11-10-13(17)3)16-9-7-8-14(4)18(16)20(22)24-6-2/h7-12H,5-6H2,1-4H3. The lowest BCUT2D eigenvalue weighted by molar-refractivity contribution is 0.0517. The van der Waals surface area contributed by atoms with Gasteiger partial charge in [0.2, 0.25) is 0 Å². The number of hydrogen-bond donors (Lipinski definition) is 0. The van der Waals surface area contributed by atoms with E-state index in [2.05, 4.69) is 0 Å². The fourth-order valence-corrected chi connectivity index (χ4v) is 2.60. The zero-order chi connectivity index (χ0) is 17.7. The van der Waals surface area contributed by atoms with Crippen molar-refractivity contribution in [1.29, 1.82) is 0 Å². The maximum Gasteiger partial charge on any atom is 0.339 e. The van der Waals surface area contributed by atoms with Crippen LogP contribution in [0.15, 0.2) is 36.4 Å². The largest absolute Gasteiger partial charge is 0.462 e. The summed E-state index contributed by atoms with van der Waals surface area (Å²) in [6.45, 7) is 7.92. The van der Waals surface area contributed by atoms with Crippen molar-refractivity contribution in [3.05, 3.63) is 58.7 Å². The first-order valence-electron chi connectivity index (χ1n) is 8.04. The van der Waals surface area contributed by atoms with Crippen molar-refractivity contribution in [2.45, 2.75) is 27.7 Å². The van der Waals surface area contributed by atoms with E-state index >= 15 is 0 Å². The molecule has 0 bridgehead atoms. The minimum atomic E-state index is -0.359. The number of ether oxygens (including phenoxy) is 2. The number of carbonyl (C=O) groups is 2. The minimum absolute atomic E-state index is 0.314. The Morgan fingerprint density at radius 3 is 2.21 bits per heavy atom. The lowest BCUT2D eigenvalue weighted by Gasteiger charge is -2.13. The second-order valence-electron chi connectivity index (χ2n) is 5.47. The molecule has 2 aromatic rings. The van der Waals surface area contributed by atoms with E-state index in [0.717, 1.165) is 22.3 Å². The summed E-state index contributed by atoms with van der Waals surface area (Å²) in [6, 6.07) is 11.1. The van der Waals surface area contributed by atoms with Crippen molar-refractivity contribution in [1.82, 2.24) is 0 Å². The molecule has 0 saturated carbocycles. The van der Waals surface area contributed by atoms with E-state index in [4.69, 9.17) is 9.47 Å². The van der Waals surface area contributed by atoms with Crippen LogP contribution >= 0.6 is 0 Å². The summed E-state index contributed by atoms with van der Waals surface area (Å²) in [5.41, 5.74) is 4.24. The maximum atomic E-state index is 12.3. The van der Waals surface area contributed by atoms with Gasteiger partial charge < -0.3 is 9.47 Å². The molecule has 0 N–H and O–H groups in total. The molecule has 0 saturated heterocycles. The first-order valence-corrected chi connectivity index (χ1v) is 8.04. The van der Waals surface area contributed by atoms with Gasteiger partial charge in [-0.25, -0.2) is 9.59 Å². The fourth-order valence-electron chi connectivity index (χ4n) is 2.60. The molecular weight excluding hydrogens is 304 g/mol. The van der Waals surface area contributed by atoms with Gasteiger partial charge in [-0.1, -0.05) is 30.3 Å². The van der Waals surface area contributed by atoms with Crippen LogP contribution in [0.2, 0.25) is 0 Å². The Kier molecular flexibility index (Phi) is 5.74. The Bertz CT molecular complexity index is 762. The third-order valence-corrected chi connectivity index (χ3v) is 3.80. The van der Waals surface area contributed by atoms with E-state index in [0.29, 0.717) is 24.3 Å². The van der Waals surface area contributed by atoms with E-state index in [1.807, 2.05) is 44.2 Å². The van der Waals surface area contributed by atoms with Crippen LogP contribution in [0.1, 0.15) is 45.7 Å². The Labute approximate surface area is 142 Å². The van der Waals surface area contributed by atoms with Gasteiger partial charge in [0, 0.05) is 0 Å². The molecule has 0 heterocycles. The van der Waals surface area contributed by atoms with Crippen molar-refractivity contribution >= 4 is 11.9 Å². The van der Waals surface area contributed by atoms with Crippen LogP contribution in [-0.2, 0) is 9.47 Å². The molecule has 2 aromatic carbocycles. The van der Waals surface area contributed by atoms with Crippen LogP contribution in [0.3, 0.4) is 0 Å². The van der Waals surface area contributed by atoms with Gasteiger partial charge in [0.25, 0.3) is 0 Å².